The molecule has 0 aliphatic carbocycles. The normalized spacial score (nSPS) is 20.8. The van der Waals surface area contributed by atoms with Crippen LogP contribution in [0.1, 0.15) is 25.2 Å². The Morgan fingerprint density at radius 3 is 2.92 bits per heavy atom. The molecular formula is C18H22N2O5. The van der Waals surface area contributed by atoms with E-state index in [2.05, 4.69) is 4.98 Å². The van der Waals surface area contributed by atoms with Crippen LogP contribution in [-0.2, 0) is 20.7 Å². The number of carbonyl (C=O) groups excluding carboxylic acids is 1. The number of para-hydroxylation sites is 2. The van der Waals surface area contributed by atoms with Gasteiger partial charge in [-0.25, -0.2) is 4.98 Å². The molecule has 1 N–H and O–H groups in total. The second kappa shape index (κ2) is 7.23. The number of carboxylic acid groups (broad SMARTS) is 1. The Bertz CT molecular complexity index is 735. The third-order valence-corrected chi connectivity index (χ3v) is 4.69. The number of oxazole rings is 1. The molecular weight excluding hydrogens is 324 g/mol. The summed E-state index contributed by atoms with van der Waals surface area (Å²) in [5.41, 5.74) is 0.459. The van der Waals surface area contributed by atoms with E-state index in [0.29, 0.717) is 37.3 Å². The van der Waals surface area contributed by atoms with Crippen LogP contribution in [0.2, 0.25) is 0 Å². The molecule has 1 aromatic carbocycles. The van der Waals surface area contributed by atoms with E-state index in [0.717, 1.165) is 5.52 Å². The molecule has 2 heterocycles. The van der Waals surface area contributed by atoms with E-state index in [1.165, 1.54) is 7.11 Å². The van der Waals surface area contributed by atoms with Crippen LogP contribution in [0.3, 0.4) is 0 Å². The summed E-state index contributed by atoms with van der Waals surface area (Å²) in [6.45, 7) is 0.866. The van der Waals surface area contributed by atoms with E-state index < -0.39 is 11.4 Å². The number of amides is 1. The highest BCUT2D eigenvalue weighted by Gasteiger charge is 2.43. The van der Waals surface area contributed by atoms with E-state index in [1.807, 2.05) is 24.3 Å². The zero-order valence-electron chi connectivity index (χ0n) is 14.2. The van der Waals surface area contributed by atoms with Crippen molar-refractivity contribution in [2.75, 3.05) is 26.8 Å². The molecule has 7 nitrogen and oxygen atoms in total. The van der Waals surface area contributed by atoms with E-state index in [9.17, 15) is 14.7 Å². The smallest absolute Gasteiger partial charge is 0.313 e. The quantitative estimate of drug-likeness (QED) is 0.861. The minimum atomic E-state index is -1.01. The number of piperidine rings is 1. The highest BCUT2D eigenvalue weighted by molar-refractivity contribution is 5.80. The van der Waals surface area contributed by atoms with Crippen molar-refractivity contribution < 1.29 is 23.8 Å². The minimum Gasteiger partial charge on any atom is -0.481 e. The molecule has 25 heavy (non-hydrogen) atoms. The molecule has 0 spiro atoms. The van der Waals surface area contributed by atoms with Gasteiger partial charge >= 0.3 is 5.97 Å². The van der Waals surface area contributed by atoms with Gasteiger partial charge in [0.1, 0.15) is 10.9 Å². The van der Waals surface area contributed by atoms with Crippen molar-refractivity contribution in [3.63, 3.8) is 0 Å². The average Bonchev–Trinajstić information content (AvgIpc) is 3.03. The third kappa shape index (κ3) is 3.66. The molecule has 1 saturated heterocycles. The predicted molar refractivity (Wildman–Crippen MR) is 90.1 cm³/mol. The van der Waals surface area contributed by atoms with Crippen LogP contribution in [0.15, 0.2) is 28.7 Å². The van der Waals surface area contributed by atoms with Gasteiger partial charge in [-0.15, -0.1) is 0 Å². The van der Waals surface area contributed by atoms with Crippen molar-refractivity contribution in [3.8, 4) is 0 Å². The first-order valence-corrected chi connectivity index (χ1v) is 8.39. The lowest BCUT2D eigenvalue weighted by Crippen LogP contribution is -2.52. The highest BCUT2D eigenvalue weighted by Crippen LogP contribution is 2.31. The highest BCUT2D eigenvalue weighted by atomic mass is 16.5. The summed E-state index contributed by atoms with van der Waals surface area (Å²) in [5, 5.41) is 9.56. The van der Waals surface area contributed by atoms with Gasteiger partial charge in [0.15, 0.2) is 11.5 Å². The lowest BCUT2D eigenvalue weighted by molar-refractivity contribution is -0.159. The standard InChI is InChI=1S/C18H22N2O5/c1-24-12-18(17(22)23)9-4-10-20(11-18)16(21)8-7-15-19-13-5-2-3-6-14(13)25-15/h2-3,5-6H,4,7-12H2,1H3,(H,22,23). The van der Waals surface area contributed by atoms with Gasteiger partial charge in [-0.1, -0.05) is 12.1 Å². The van der Waals surface area contributed by atoms with Crippen LogP contribution in [0.25, 0.3) is 11.1 Å². The number of methoxy groups -OCH3 is 1. The monoisotopic (exact) mass is 346 g/mol. The molecule has 1 aromatic heterocycles. The van der Waals surface area contributed by atoms with Gasteiger partial charge in [-0.3, -0.25) is 9.59 Å². The van der Waals surface area contributed by atoms with Crippen LogP contribution in [0, 0.1) is 5.41 Å². The number of aryl methyl sites for hydroxylation is 1. The second-order valence-electron chi connectivity index (χ2n) is 6.51. The second-order valence-corrected chi connectivity index (χ2v) is 6.51. The first kappa shape index (κ1) is 17.4. The summed E-state index contributed by atoms with van der Waals surface area (Å²) >= 11 is 0. The lowest BCUT2D eigenvalue weighted by Gasteiger charge is -2.39. The van der Waals surface area contributed by atoms with E-state index in [1.54, 1.807) is 4.90 Å². The molecule has 3 rings (SSSR count). The van der Waals surface area contributed by atoms with Gasteiger partial charge in [-0.05, 0) is 25.0 Å². The maximum Gasteiger partial charge on any atom is 0.313 e. The third-order valence-electron chi connectivity index (χ3n) is 4.69. The Morgan fingerprint density at radius 2 is 2.20 bits per heavy atom. The molecule has 0 saturated carbocycles. The molecule has 0 radical (unpaired) electrons. The van der Waals surface area contributed by atoms with Crippen molar-refractivity contribution in [2.45, 2.75) is 25.7 Å². The summed E-state index contributed by atoms with van der Waals surface area (Å²) in [4.78, 5) is 30.2. The number of aliphatic carboxylic acids is 1. The number of hydrogen-bond donors (Lipinski definition) is 1. The summed E-state index contributed by atoms with van der Waals surface area (Å²) in [6.07, 6.45) is 1.82. The van der Waals surface area contributed by atoms with Crippen molar-refractivity contribution in [1.82, 2.24) is 9.88 Å². The average molecular weight is 346 g/mol. The maximum atomic E-state index is 12.5. The predicted octanol–water partition coefficient (Wildman–Crippen LogP) is 2.10. The summed E-state index contributed by atoms with van der Waals surface area (Å²) in [7, 11) is 1.48. The number of carbonyl (C=O) groups is 2. The fourth-order valence-corrected chi connectivity index (χ4v) is 3.37. The van der Waals surface area contributed by atoms with Crippen LogP contribution in [0.4, 0.5) is 0 Å². The van der Waals surface area contributed by atoms with Crippen LogP contribution in [0.5, 0.6) is 0 Å². The number of aromatic nitrogens is 1. The fraction of sp³-hybridized carbons (Fsp3) is 0.500. The van der Waals surface area contributed by atoms with Crippen LogP contribution in [-0.4, -0.2) is 53.7 Å². The minimum absolute atomic E-state index is 0.0799. The van der Waals surface area contributed by atoms with Crippen molar-refractivity contribution in [3.05, 3.63) is 30.2 Å². The van der Waals surface area contributed by atoms with E-state index >= 15 is 0 Å². The zero-order chi connectivity index (χ0) is 17.9. The molecule has 1 unspecified atom stereocenters. The Labute approximate surface area is 145 Å². The SMILES string of the molecule is COCC1(C(=O)O)CCCN(C(=O)CCc2nc3ccccc3o2)C1. The summed E-state index contributed by atoms with van der Waals surface area (Å²) < 4.78 is 10.7. The number of carboxylic acids is 1. The lowest BCUT2D eigenvalue weighted by atomic mass is 9.80. The molecule has 1 aliphatic rings. The summed E-state index contributed by atoms with van der Waals surface area (Å²) in [6, 6.07) is 7.46. The van der Waals surface area contributed by atoms with Gasteiger partial charge in [-0.2, -0.15) is 0 Å². The Hall–Kier alpha value is -2.41. The maximum absolute atomic E-state index is 12.5. The van der Waals surface area contributed by atoms with Crippen molar-refractivity contribution >= 4 is 23.0 Å². The molecule has 134 valence electrons. The van der Waals surface area contributed by atoms with Gasteiger partial charge in [0.25, 0.3) is 0 Å². The van der Waals surface area contributed by atoms with Gasteiger partial charge in [0, 0.05) is 33.0 Å². The van der Waals surface area contributed by atoms with Gasteiger partial charge in [0.2, 0.25) is 5.91 Å². The van der Waals surface area contributed by atoms with E-state index in [-0.39, 0.29) is 25.5 Å². The number of nitrogens with zero attached hydrogens (tertiary/aromatic N) is 2. The number of ether oxygens (including phenoxy) is 1. The molecule has 7 heteroatoms. The van der Waals surface area contributed by atoms with Crippen LogP contribution >= 0.6 is 0 Å². The number of fused-ring (bicyclic) bond motifs is 1. The molecule has 1 fully saturated rings. The van der Waals surface area contributed by atoms with Crippen LogP contribution < -0.4 is 0 Å². The first-order chi connectivity index (χ1) is 12.0. The zero-order valence-corrected chi connectivity index (χ0v) is 14.2. The Kier molecular flexibility index (Phi) is 5.03. The number of likely N-dealkylation sites (tertiary alicyclic amines) is 1. The van der Waals surface area contributed by atoms with Gasteiger partial charge < -0.3 is 19.2 Å². The van der Waals surface area contributed by atoms with Gasteiger partial charge in [0.05, 0.1) is 6.61 Å². The largest absolute Gasteiger partial charge is 0.481 e. The molecule has 1 aliphatic heterocycles. The number of benzene rings is 1. The topological polar surface area (TPSA) is 92.9 Å². The first-order valence-electron chi connectivity index (χ1n) is 8.39. The molecule has 1 atom stereocenters. The Morgan fingerprint density at radius 1 is 1.40 bits per heavy atom. The van der Waals surface area contributed by atoms with Crippen molar-refractivity contribution in [1.29, 1.82) is 0 Å². The van der Waals surface area contributed by atoms with E-state index in [4.69, 9.17) is 9.15 Å². The molecule has 2 aromatic rings. The Balaban J connectivity index is 1.63. The fourth-order valence-electron chi connectivity index (χ4n) is 3.37. The summed E-state index contributed by atoms with van der Waals surface area (Å²) in [5.74, 6) is -0.470. The number of rotatable bonds is 6. The number of hydrogen-bond acceptors (Lipinski definition) is 5. The molecule has 0 bridgehead atoms. The van der Waals surface area contributed by atoms with Crippen molar-refractivity contribution in [2.24, 2.45) is 5.41 Å². The molecule has 1 amide bonds.